The number of hydrogen-bond acceptors (Lipinski definition) is 3. The molecule has 0 aliphatic carbocycles. The molecule has 1 N–H and O–H groups in total. The molecular weight excluding hydrogens is 204 g/mol. The second-order valence-electron chi connectivity index (χ2n) is 3.97. The van der Waals surface area contributed by atoms with Crippen molar-refractivity contribution < 1.29 is 0 Å². The number of nitrogens with zero attached hydrogens (tertiary/aromatic N) is 1. The van der Waals surface area contributed by atoms with Gasteiger partial charge in [0, 0.05) is 30.7 Å². The van der Waals surface area contributed by atoms with Crippen molar-refractivity contribution in [2.24, 2.45) is 0 Å². The lowest BCUT2D eigenvalue weighted by Crippen LogP contribution is -2.26. The topological polar surface area (TPSA) is 24.9 Å². The molecule has 1 saturated heterocycles. The maximum Gasteiger partial charge on any atom is 0.0271 e. The Labute approximate surface area is 95.9 Å². The summed E-state index contributed by atoms with van der Waals surface area (Å²) < 4.78 is 0. The second-order valence-corrected chi connectivity index (χ2v) is 5.38. The summed E-state index contributed by atoms with van der Waals surface area (Å²) in [4.78, 5) is 4.01. The summed E-state index contributed by atoms with van der Waals surface area (Å²) in [5, 5.41) is 4.36. The van der Waals surface area contributed by atoms with Gasteiger partial charge in [-0.25, -0.2) is 0 Å². The summed E-state index contributed by atoms with van der Waals surface area (Å²) in [6, 6.07) is 4.14. The van der Waals surface area contributed by atoms with E-state index >= 15 is 0 Å². The van der Waals surface area contributed by atoms with Crippen LogP contribution < -0.4 is 5.32 Å². The van der Waals surface area contributed by atoms with Crippen LogP contribution >= 0.6 is 11.8 Å². The van der Waals surface area contributed by atoms with Crippen molar-refractivity contribution >= 4 is 11.8 Å². The summed E-state index contributed by atoms with van der Waals surface area (Å²) in [5.74, 6) is 1.35. The molecule has 1 aromatic heterocycles. The van der Waals surface area contributed by atoms with Gasteiger partial charge in [-0.05, 0) is 36.3 Å². The van der Waals surface area contributed by atoms with E-state index in [9.17, 15) is 0 Å². The van der Waals surface area contributed by atoms with E-state index in [1.807, 2.05) is 12.4 Å². The Hall–Kier alpha value is -0.540. The van der Waals surface area contributed by atoms with Crippen LogP contribution in [0, 0.1) is 0 Å². The van der Waals surface area contributed by atoms with Gasteiger partial charge in [0.15, 0.2) is 0 Å². The van der Waals surface area contributed by atoms with Gasteiger partial charge >= 0.3 is 0 Å². The van der Waals surface area contributed by atoms with Crippen molar-refractivity contribution in [3.63, 3.8) is 0 Å². The molecule has 1 atom stereocenters. The SMILES string of the molecule is c1cc(CNCC2CCCCS2)ccn1. The van der Waals surface area contributed by atoms with E-state index in [-0.39, 0.29) is 0 Å². The first kappa shape index (κ1) is 11.0. The molecule has 0 bridgehead atoms. The van der Waals surface area contributed by atoms with E-state index in [0.717, 1.165) is 18.3 Å². The maximum atomic E-state index is 4.01. The molecule has 2 rings (SSSR count). The fourth-order valence-corrected chi connectivity index (χ4v) is 3.12. The number of rotatable bonds is 4. The third-order valence-electron chi connectivity index (χ3n) is 2.72. The van der Waals surface area contributed by atoms with Crippen molar-refractivity contribution in [2.45, 2.75) is 31.1 Å². The molecule has 0 amide bonds. The molecule has 0 saturated carbocycles. The molecule has 1 aliphatic rings. The molecular formula is C12H18N2S. The monoisotopic (exact) mass is 222 g/mol. The minimum atomic E-state index is 0.834. The molecule has 1 fully saturated rings. The van der Waals surface area contributed by atoms with E-state index in [2.05, 4.69) is 34.2 Å². The van der Waals surface area contributed by atoms with E-state index < -0.39 is 0 Å². The molecule has 1 aromatic rings. The van der Waals surface area contributed by atoms with Gasteiger partial charge in [0.05, 0.1) is 0 Å². The zero-order valence-electron chi connectivity index (χ0n) is 8.98. The van der Waals surface area contributed by atoms with Gasteiger partial charge in [-0.15, -0.1) is 0 Å². The number of aromatic nitrogens is 1. The highest BCUT2D eigenvalue weighted by Gasteiger charge is 2.12. The van der Waals surface area contributed by atoms with Crippen LogP contribution in [0.15, 0.2) is 24.5 Å². The van der Waals surface area contributed by atoms with Crippen molar-refractivity contribution in [3.8, 4) is 0 Å². The smallest absolute Gasteiger partial charge is 0.0271 e. The normalized spacial score (nSPS) is 21.5. The van der Waals surface area contributed by atoms with Crippen LogP contribution in [0.5, 0.6) is 0 Å². The first-order valence-electron chi connectivity index (χ1n) is 5.66. The molecule has 3 heteroatoms. The van der Waals surface area contributed by atoms with E-state index in [4.69, 9.17) is 0 Å². The first-order chi connectivity index (χ1) is 7.45. The lowest BCUT2D eigenvalue weighted by atomic mass is 10.2. The lowest BCUT2D eigenvalue weighted by molar-refractivity contribution is 0.597. The van der Waals surface area contributed by atoms with Gasteiger partial charge in [0.1, 0.15) is 0 Å². The van der Waals surface area contributed by atoms with Crippen molar-refractivity contribution in [2.75, 3.05) is 12.3 Å². The summed E-state index contributed by atoms with van der Waals surface area (Å²) in [6.07, 6.45) is 7.91. The van der Waals surface area contributed by atoms with Crippen molar-refractivity contribution in [1.29, 1.82) is 0 Å². The Bertz CT molecular complexity index is 270. The van der Waals surface area contributed by atoms with Gasteiger partial charge in [-0.2, -0.15) is 11.8 Å². The average molecular weight is 222 g/mol. The zero-order chi connectivity index (χ0) is 10.3. The molecule has 0 radical (unpaired) electrons. The summed E-state index contributed by atoms with van der Waals surface area (Å²) in [6.45, 7) is 2.12. The Balaban J connectivity index is 1.66. The number of thioether (sulfide) groups is 1. The van der Waals surface area contributed by atoms with Crippen LogP contribution in [-0.2, 0) is 6.54 Å². The number of hydrogen-bond donors (Lipinski definition) is 1. The third kappa shape index (κ3) is 3.84. The summed E-state index contributed by atoms with van der Waals surface area (Å²) >= 11 is 2.12. The fourth-order valence-electron chi connectivity index (χ4n) is 1.85. The number of pyridine rings is 1. The highest BCUT2D eigenvalue weighted by atomic mass is 32.2. The van der Waals surface area contributed by atoms with E-state index in [0.29, 0.717) is 0 Å². The van der Waals surface area contributed by atoms with Crippen LogP contribution in [0.2, 0.25) is 0 Å². The lowest BCUT2D eigenvalue weighted by Gasteiger charge is -2.21. The average Bonchev–Trinajstić information content (AvgIpc) is 2.32. The molecule has 1 unspecified atom stereocenters. The van der Waals surface area contributed by atoms with Crippen LogP contribution in [0.3, 0.4) is 0 Å². The quantitative estimate of drug-likeness (QED) is 0.847. The van der Waals surface area contributed by atoms with E-state index in [1.165, 1.54) is 30.6 Å². The minimum Gasteiger partial charge on any atom is -0.312 e. The molecule has 2 nitrogen and oxygen atoms in total. The van der Waals surface area contributed by atoms with Gasteiger partial charge < -0.3 is 5.32 Å². The molecule has 2 heterocycles. The predicted molar refractivity (Wildman–Crippen MR) is 66.0 cm³/mol. The third-order valence-corrected chi connectivity index (χ3v) is 4.12. The second kappa shape index (κ2) is 6.13. The van der Waals surface area contributed by atoms with Gasteiger partial charge in [-0.1, -0.05) is 6.42 Å². The Kier molecular flexibility index (Phi) is 4.48. The highest BCUT2D eigenvalue weighted by molar-refractivity contribution is 7.99. The molecule has 0 spiro atoms. The van der Waals surface area contributed by atoms with Crippen LogP contribution in [0.1, 0.15) is 24.8 Å². The van der Waals surface area contributed by atoms with Crippen LogP contribution in [0.25, 0.3) is 0 Å². The number of nitrogens with one attached hydrogen (secondary N) is 1. The molecule has 1 aliphatic heterocycles. The standard InChI is InChI=1S/C12H18N2S/c1-2-8-15-12(3-1)10-14-9-11-4-6-13-7-5-11/h4-7,12,14H,1-3,8-10H2. The minimum absolute atomic E-state index is 0.834. The highest BCUT2D eigenvalue weighted by Crippen LogP contribution is 2.24. The Morgan fingerprint density at radius 2 is 2.20 bits per heavy atom. The molecule has 82 valence electrons. The van der Waals surface area contributed by atoms with Gasteiger partial charge in [-0.3, -0.25) is 4.98 Å². The Morgan fingerprint density at radius 1 is 1.33 bits per heavy atom. The molecule has 15 heavy (non-hydrogen) atoms. The zero-order valence-corrected chi connectivity index (χ0v) is 9.80. The van der Waals surface area contributed by atoms with Crippen LogP contribution in [-0.4, -0.2) is 22.5 Å². The predicted octanol–water partition coefficient (Wildman–Crippen LogP) is 2.46. The van der Waals surface area contributed by atoms with Crippen LogP contribution in [0.4, 0.5) is 0 Å². The van der Waals surface area contributed by atoms with Crippen molar-refractivity contribution in [1.82, 2.24) is 10.3 Å². The first-order valence-corrected chi connectivity index (χ1v) is 6.71. The fraction of sp³-hybridized carbons (Fsp3) is 0.583. The van der Waals surface area contributed by atoms with Gasteiger partial charge in [0.2, 0.25) is 0 Å². The summed E-state index contributed by atoms with van der Waals surface area (Å²) in [7, 11) is 0. The maximum absolute atomic E-state index is 4.01. The molecule has 0 aromatic carbocycles. The van der Waals surface area contributed by atoms with Gasteiger partial charge in [0.25, 0.3) is 0 Å². The largest absolute Gasteiger partial charge is 0.312 e. The summed E-state index contributed by atoms with van der Waals surface area (Å²) in [5.41, 5.74) is 1.32. The van der Waals surface area contributed by atoms with E-state index in [1.54, 1.807) is 0 Å². The van der Waals surface area contributed by atoms with Crippen molar-refractivity contribution in [3.05, 3.63) is 30.1 Å². The Morgan fingerprint density at radius 3 is 2.93 bits per heavy atom.